The number of aliphatic carboxylic acids is 1. The Morgan fingerprint density at radius 2 is 1.40 bits per heavy atom. The molecule has 0 fully saturated rings. The van der Waals surface area contributed by atoms with Crippen molar-refractivity contribution in [2.75, 3.05) is 20.8 Å². The van der Waals surface area contributed by atoms with Gasteiger partial charge in [0, 0.05) is 13.0 Å². The van der Waals surface area contributed by atoms with E-state index in [1.165, 1.54) is 12.2 Å². The Kier molecular flexibility index (Phi) is 12.6. The van der Waals surface area contributed by atoms with Crippen molar-refractivity contribution in [3.8, 4) is 11.5 Å². The van der Waals surface area contributed by atoms with Crippen molar-refractivity contribution in [1.29, 1.82) is 0 Å². The number of carboxylic acids is 1. The molecule has 0 aliphatic heterocycles. The standard InChI is InChI=1S/C37H43NO7/c1-7-13-27(8-2)26-33(34(39)40)38-35(41)45-36(3,4)24-12-25-44-37(28-14-10-9-11-15-28,29-16-20-31(42-5)21-17-29)30-18-22-32(43-6)23-19-30/h7-11,13-23,33H,1-2,12,24-26H2,3-6H3,(H,38,41)(H,39,40)/b27-13+. The summed E-state index contributed by atoms with van der Waals surface area (Å²) in [5.74, 6) is 0.287. The molecule has 3 rings (SSSR count). The molecule has 2 N–H and O–H groups in total. The van der Waals surface area contributed by atoms with E-state index in [1.807, 2.05) is 78.9 Å². The number of carbonyl (C=O) groups is 2. The Hall–Kier alpha value is -4.82. The molecule has 0 bridgehead atoms. The van der Waals surface area contributed by atoms with E-state index in [2.05, 4.69) is 18.5 Å². The number of carboxylic acid groups (broad SMARTS) is 1. The minimum absolute atomic E-state index is 0.0481. The topological polar surface area (TPSA) is 103 Å². The van der Waals surface area contributed by atoms with E-state index in [4.69, 9.17) is 18.9 Å². The molecule has 1 atom stereocenters. The van der Waals surface area contributed by atoms with Gasteiger partial charge in [-0.05, 0) is 73.2 Å². The maximum atomic E-state index is 12.7. The Bertz CT molecular complexity index is 1400. The summed E-state index contributed by atoms with van der Waals surface area (Å²) in [6, 6.07) is 24.4. The minimum Gasteiger partial charge on any atom is -0.497 e. The highest BCUT2D eigenvalue weighted by Gasteiger charge is 2.38. The van der Waals surface area contributed by atoms with Crippen LogP contribution in [0.5, 0.6) is 11.5 Å². The van der Waals surface area contributed by atoms with E-state index in [0.717, 1.165) is 28.2 Å². The van der Waals surface area contributed by atoms with E-state index in [-0.39, 0.29) is 6.42 Å². The number of allylic oxidation sites excluding steroid dienone is 3. The number of benzene rings is 3. The molecule has 0 saturated carbocycles. The van der Waals surface area contributed by atoms with Crippen LogP contribution in [0, 0.1) is 0 Å². The van der Waals surface area contributed by atoms with Gasteiger partial charge in [-0.2, -0.15) is 0 Å². The maximum Gasteiger partial charge on any atom is 0.408 e. The molecule has 8 heteroatoms. The largest absolute Gasteiger partial charge is 0.497 e. The molecule has 8 nitrogen and oxygen atoms in total. The van der Waals surface area contributed by atoms with E-state index >= 15 is 0 Å². The molecule has 238 valence electrons. The van der Waals surface area contributed by atoms with E-state index < -0.39 is 29.3 Å². The lowest BCUT2D eigenvalue weighted by Gasteiger charge is -2.36. The summed E-state index contributed by atoms with van der Waals surface area (Å²) >= 11 is 0. The summed E-state index contributed by atoms with van der Waals surface area (Å²) in [6.45, 7) is 11.2. The number of ether oxygens (including phenoxy) is 4. The maximum absolute atomic E-state index is 12.7. The summed E-state index contributed by atoms with van der Waals surface area (Å²) in [6.07, 6.45) is 4.96. The van der Waals surface area contributed by atoms with Gasteiger partial charge in [-0.25, -0.2) is 9.59 Å². The Balaban J connectivity index is 1.80. The van der Waals surface area contributed by atoms with Crippen LogP contribution in [0.15, 0.2) is 116 Å². The molecule has 0 heterocycles. The first-order valence-electron chi connectivity index (χ1n) is 14.7. The molecule has 45 heavy (non-hydrogen) atoms. The number of hydrogen-bond acceptors (Lipinski definition) is 6. The third kappa shape index (κ3) is 9.33. The number of methoxy groups -OCH3 is 2. The van der Waals surface area contributed by atoms with Crippen LogP contribution in [0.2, 0.25) is 0 Å². The summed E-state index contributed by atoms with van der Waals surface area (Å²) in [7, 11) is 3.26. The van der Waals surface area contributed by atoms with Gasteiger partial charge in [0.05, 0.1) is 14.2 Å². The predicted molar refractivity (Wildman–Crippen MR) is 176 cm³/mol. The Morgan fingerprint density at radius 1 is 0.867 bits per heavy atom. The van der Waals surface area contributed by atoms with Crippen molar-refractivity contribution >= 4 is 12.1 Å². The van der Waals surface area contributed by atoms with Crippen molar-refractivity contribution in [2.24, 2.45) is 0 Å². The average molecular weight is 614 g/mol. The van der Waals surface area contributed by atoms with Gasteiger partial charge >= 0.3 is 12.1 Å². The predicted octanol–water partition coefficient (Wildman–Crippen LogP) is 7.44. The average Bonchev–Trinajstić information content (AvgIpc) is 3.04. The zero-order chi connectivity index (χ0) is 32.9. The smallest absolute Gasteiger partial charge is 0.408 e. The van der Waals surface area contributed by atoms with Crippen molar-refractivity contribution < 1.29 is 33.6 Å². The molecular weight excluding hydrogens is 570 g/mol. The van der Waals surface area contributed by atoms with E-state index in [1.54, 1.807) is 34.1 Å². The molecule has 1 amide bonds. The fourth-order valence-corrected chi connectivity index (χ4v) is 5.08. The van der Waals surface area contributed by atoms with Crippen LogP contribution in [0.1, 0.15) is 49.8 Å². The number of alkyl carbamates (subject to hydrolysis) is 1. The molecule has 1 unspecified atom stereocenters. The van der Waals surface area contributed by atoms with Crippen LogP contribution in [-0.4, -0.2) is 49.6 Å². The zero-order valence-electron chi connectivity index (χ0n) is 26.5. The van der Waals surface area contributed by atoms with Crippen LogP contribution in [-0.2, 0) is 19.9 Å². The van der Waals surface area contributed by atoms with Gasteiger partial charge in [0.15, 0.2) is 0 Å². The number of nitrogens with one attached hydrogen (secondary N) is 1. The first-order chi connectivity index (χ1) is 21.6. The quantitative estimate of drug-likeness (QED) is 0.0927. The third-order valence-electron chi connectivity index (χ3n) is 7.41. The first kappa shape index (κ1) is 34.7. The van der Waals surface area contributed by atoms with Crippen LogP contribution < -0.4 is 14.8 Å². The van der Waals surface area contributed by atoms with E-state index in [0.29, 0.717) is 25.0 Å². The lowest BCUT2D eigenvalue weighted by Crippen LogP contribution is -2.44. The number of hydrogen-bond donors (Lipinski definition) is 2. The number of amides is 1. The SMILES string of the molecule is C=C/C=C(\C=C)CC(NC(=O)OC(C)(C)CCCOC(c1ccccc1)(c1ccc(OC)cc1)c1ccc(OC)cc1)C(=O)O. The lowest BCUT2D eigenvalue weighted by molar-refractivity contribution is -0.139. The summed E-state index contributed by atoms with van der Waals surface area (Å²) in [4.78, 5) is 24.5. The van der Waals surface area contributed by atoms with Crippen molar-refractivity contribution in [1.82, 2.24) is 5.32 Å². The first-order valence-corrected chi connectivity index (χ1v) is 14.7. The van der Waals surface area contributed by atoms with Gasteiger partial charge < -0.3 is 29.4 Å². The summed E-state index contributed by atoms with van der Waals surface area (Å²) in [5.41, 5.74) is 1.55. The number of rotatable bonds is 17. The van der Waals surface area contributed by atoms with Gasteiger partial charge in [0.25, 0.3) is 0 Å². The fraction of sp³-hybridized carbons (Fsp3) is 0.297. The number of carbonyl (C=O) groups excluding carboxylic acids is 1. The van der Waals surface area contributed by atoms with Gasteiger partial charge in [0.2, 0.25) is 0 Å². The van der Waals surface area contributed by atoms with Crippen molar-refractivity contribution in [3.05, 3.63) is 133 Å². The van der Waals surface area contributed by atoms with Gasteiger partial charge in [-0.15, -0.1) is 0 Å². The highest BCUT2D eigenvalue weighted by Crippen LogP contribution is 2.42. The Labute approximate surface area is 266 Å². The van der Waals surface area contributed by atoms with Gasteiger partial charge in [-0.1, -0.05) is 86.0 Å². The van der Waals surface area contributed by atoms with Crippen LogP contribution in [0.4, 0.5) is 4.79 Å². The van der Waals surface area contributed by atoms with Crippen LogP contribution >= 0.6 is 0 Å². The monoisotopic (exact) mass is 613 g/mol. The van der Waals surface area contributed by atoms with E-state index in [9.17, 15) is 14.7 Å². The second kappa shape index (κ2) is 16.3. The summed E-state index contributed by atoms with van der Waals surface area (Å²) in [5, 5.41) is 12.1. The molecule has 0 aliphatic carbocycles. The molecule has 0 saturated heterocycles. The lowest BCUT2D eigenvalue weighted by atomic mass is 9.80. The highest BCUT2D eigenvalue weighted by molar-refractivity contribution is 5.80. The minimum atomic E-state index is -1.18. The fourth-order valence-electron chi connectivity index (χ4n) is 5.08. The van der Waals surface area contributed by atoms with Crippen LogP contribution in [0.3, 0.4) is 0 Å². The second-order valence-corrected chi connectivity index (χ2v) is 11.0. The molecule has 0 radical (unpaired) electrons. The molecule has 0 aromatic heterocycles. The highest BCUT2D eigenvalue weighted by atomic mass is 16.6. The third-order valence-corrected chi connectivity index (χ3v) is 7.41. The van der Waals surface area contributed by atoms with Gasteiger partial charge in [-0.3, -0.25) is 0 Å². The molecule has 0 aliphatic rings. The van der Waals surface area contributed by atoms with Crippen LogP contribution in [0.25, 0.3) is 0 Å². The second-order valence-electron chi connectivity index (χ2n) is 11.0. The molecule has 3 aromatic carbocycles. The molecular formula is C37H43NO7. The molecule has 0 spiro atoms. The summed E-state index contributed by atoms with van der Waals surface area (Å²) < 4.78 is 23.4. The Morgan fingerprint density at radius 3 is 1.87 bits per heavy atom. The van der Waals surface area contributed by atoms with Crippen molar-refractivity contribution in [2.45, 2.75) is 50.4 Å². The van der Waals surface area contributed by atoms with Gasteiger partial charge in [0.1, 0.15) is 28.7 Å². The van der Waals surface area contributed by atoms with Crippen molar-refractivity contribution in [3.63, 3.8) is 0 Å². The zero-order valence-corrected chi connectivity index (χ0v) is 26.5. The molecule has 3 aromatic rings. The normalized spacial score (nSPS) is 12.5.